The molecule has 7 heteroatoms. The van der Waals surface area contributed by atoms with Gasteiger partial charge in [0.1, 0.15) is 0 Å². The minimum atomic E-state index is -1.08. The summed E-state index contributed by atoms with van der Waals surface area (Å²) in [7, 11) is 0. The third kappa shape index (κ3) is 5.21. The van der Waals surface area contributed by atoms with Gasteiger partial charge in [0, 0.05) is 28.4 Å². The van der Waals surface area contributed by atoms with E-state index in [0.29, 0.717) is 22.9 Å². The molecule has 35 heavy (non-hydrogen) atoms. The van der Waals surface area contributed by atoms with Crippen molar-refractivity contribution in [2.24, 2.45) is 5.41 Å². The first-order chi connectivity index (χ1) is 16.7. The minimum absolute atomic E-state index is 0.165. The van der Waals surface area contributed by atoms with Crippen molar-refractivity contribution < 1.29 is 14.7 Å². The second kappa shape index (κ2) is 10.4. The number of carbonyl (C=O) groups is 2. The van der Waals surface area contributed by atoms with Crippen molar-refractivity contribution in [3.8, 4) is 0 Å². The van der Waals surface area contributed by atoms with Crippen LogP contribution < -0.4 is 0 Å². The highest BCUT2D eigenvalue weighted by Crippen LogP contribution is 2.54. The molecule has 0 saturated carbocycles. The summed E-state index contributed by atoms with van der Waals surface area (Å²) in [4.78, 5) is 32.2. The topological polar surface area (TPSA) is 70.5 Å². The second-order valence-corrected chi connectivity index (χ2v) is 10.3. The highest BCUT2D eigenvalue weighted by molar-refractivity contribution is 6.30. The number of hydrogen-bond acceptors (Lipinski definition) is 3. The predicted molar refractivity (Wildman–Crippen MR) is 137 cm³/mol. The Morgan fingerprint density at radius 2 is 1.77 bits per heavy atom. The molecule has 1 fully saturated rings. The molecular weight excluding hydrogens is 483 g/mol. The fraction of sp³-hybridized carbons (Fsp3) is 0.321. The van der Waals surface area contributed by atoms with E-state index in [1.54, 1.807) is 19.3 Å². The number of carbonyl (C=O) groups excluding carboxylic acids is 1. The SMILES string of the molecule is CC[C@H](c1ccncc1)N1C(=O)[C@@](C)(CC(=O)O)C[C@H](c2cccc(Cl)c2)[C@H]1c1ccc(Cl)cc1. The van der Waals surface area contributed by atoms with E-state index < -0.39 is 11.4 Å². The van der Waals surface area contributed by atoms with Gasteiger partial charge in [-0.25, -0.2) is 0 Å². The van der Waals surface area contributed by atoms with E-state index in [0.717, 1.165) is 16.7 Å². The number of pyridine rings is 1. The number of piperidine rings is 1. The van der Waals surface area contributed by atoms with Gasteiger partial charge in [-0.3, -0.25) is 14.6 Å². The highest BCUT2D eigenvalue weighted by atomic mass is 35.5. The van der Waals surface area contributed by atoms with Crippen molar-refractivity contribution in [1.29, 1.82) is 0 Å². The molecule has 0 unspecified atom stereocenters. The number of carboxylic acids is 1. The molecule has 1 aromatic heterocycles. The van der Waals surface area contributed by atoms with E-state index in [2.05, 4.69) is 4.98 Å². The molecule has 0 aliphatic carbocycles. The van der Waals surface area contributed by atoms with Gasteiger partial charge in [-0.15, -0.1) is 0 Å². The molecule has 1 saturated heterocycles. The maximum Gasteiger partial charge on any atom is 0.304 e. The van der Waals surface area contributed by atoms with Gasteiger partial charge in [0.15, 0.2) is 0 Å². The van der Waals surface area contributed by atoms with Gasteiger partial charge in [0.25, 0.3) is 0 Å². The Bertz CT molecular complexity index is 1200. The summed E-state index contributed by atoms with van der Waals surface area (Å²) in [5.74, 6) is -1.33. The molecular formula is C28H28Cl2N2O3. The van der Waals surface area contributed by atoms with E-state index in [1.165, 1.54) is 0 Å². The molecule has 0 spiro atoms. The Hall–Kier alpha value is -2.89. The zero-order valence-electron chi connectivity index (χ0n) is 19.7. The van der Waals surface area contributed by atoms with Crippen molar-refractivity contribution in [3.63, 3.8) is 0 Å². The summed E-state index contributed by atoms with van der Waals surface area (Å²) in [6.07, 6.45) is 4.23. The first-order valence-electron chi connectivity index (χ1n) is 11.7. The Kier molecular flexibility index (Phi) is 7.48. The number of aromatic nitrogens is 1. The lowest BCUT2D eigenvalue weighted by molar-refractivity contribution is -0.160. The van der Waals surface area contributed by atoms with E-state index in [1.807, 2.05) is 72.5 Å². The third-order valence-corrected chi connectivity index (χ3v) is 7.43. The molecule has 5 nitrogen and oxygen atoms in total. The van der Waals surface area contributed by atoms with Gasteiger partial charge in [0.05, 0.1) is 23.9 Å². The van der Waals surface area contributed by atoms with E-state index >= 15 is 0 Å². The largest absolute Gasteiger partial charge is 0.481 e. The average molecular weight is 511 g/mol. The Morgan fingerprint density at radius 1 is 1.09 bits per heavy atom. The number of amides is 1. The summed E-state index contributed by atoms with van der Waals surface area (Å²) in [5, 5.41) is 11.0. The lowest BCUT2D eigenvalue weighted by Gasteiger charge is -2.52. The fourth-order valence-electron chi connectivity index (χ4n) is 5.40. The molecule has 1 amide bonds. The summed E-state index contributed by atoms with van der Waals surface area (Å²) in [6, 6.07) is 18.4. The normalized spacial score (nSPS) is 23.2. The standard InChI is InChI=1S/C28H28Cl2N2O3/c1-3-24(18-11-13-31-14-12-18)32-26(19-7-9-21(29)10-8-19)23(20-5-4-6-22(30)15-20)16-28(2,27(32)35)17-25(33)34/h4-15,23-24,26H,3,16-17H2,1-2H3,(H,33,34)/t23-,24-,26-,28-/m1/s1. The number of benzene rings is 2. The first kappa shape index (κ1) is 25.2. The van der Waals surface area contributed by atoms with Crippen LogP contribution in [0, 0.1) is 5.41 Å². The number of hydrogen-bond donors (Lipinski definition) is 1. The number of carboxylic acid groups (broad SMARTS) is 1. The van der Waals surface area contributed by atoms with E-state index in [9.17, 15) is 14.7 Å². The monoisotopic (exact) mass is 510 g/mol. The lowest BCUT2D eigenvalue weighted by Crippen LogP contribution is -2.53. The van der Waals surface area contributed by atoms with Crippen molar-refractivity contribution in [3.05, 3.63) is 99.8 Å². The first-order valence-corrected chi connectivity index (χ1v) is 12.4. The van der Waals surface area contributed by atoms with Crippen LogP contribution in [-0.4, -0.2) is 26.9 Å². The molecule has 2 aromatic carbocycles. The molecule has 0 bridgehead atoms. The van der Waals surface area contributed by atoms with E-state index in [4.69, 9.17) is 23.2 Å². The van der Waals surface area contributed by atoms with Gasteiger partial charge in [-0.1, -0.05) is 61.3 Å². The number of aliphatic carboxylic acids is 1. The fourth-order valence-corrected chi connectivity index (χ4v) is 5.73. The predicted octanol–water partition coefficient (Wildman–Crippen LogP) is 7.08. The van der Waals surface area contributed by atoms with Crippen LogP contribution >= 0.6 is 23.2 Å². The van der Waals surface area contributed by atoms with Crippen LogP contribution in [0.5, 0.6) is 0 Å². The van der Waals surface area contributed by atoms with Crippen molar-refractivity contribution in [2.75, 3.05) is 0 Å². The number of nitrogens with zero attached hydrogens (tertiary/aromatic N) is 2. The molecule has 1 aliphatic heterocycles. The molecule has 4 atom stereocenters. The van der Waals surface area contributed by atoms with Gasteiger partial charge in [-0.2, -0.15) is 0 Å². The zero-order valence-corrected chi connectivity index (χ0v) is 21.2. The van der Waals surface area contributed by atoms with Crippen molar-refractivity contribution in [1.82, 2.24) is 9.88 Å². The number of rotatable bonds is 7. The Balaban J connectivity index is 1.95. The van der Waals surface area contributed by atoms with Gasteiger partial charge >= 0.3 is 5.97 Å². The maximum absolute atomic E-state index is 14.2. The van der Waals surface area contributed by atoms with Gasteiger partial charge < -0.3 is 10.0 Å². The van der Waals surface area contributed by atoms with Gasteiger partial charge in [0.2, 0.25) is 5.91 Å². The van der Waals surface area contributed by atoms with Gasteiger partial charge in [-0.05, 0) is 65.9 Å². The molecule has 2 heterocycles. The summed E-state index contributed by atoms with van der Waals surface area (Å²) >= 11 is 12.6. The second-order valence-electron chi connectivity index (χ2n) is 9.41. The van der Waals surface area contributed by atoms with Crippen LogP contribution in [0.4, 0.5) is 0 Å². The summed E-state index contributed by atoms with van der Waals surface area (Å²) < 4.78 is 0. The van der Waals surface area contributed by atoms with Crippen LogP contribution in [0.2, 0.25) is 10.0 Å². The van der Waals surface area contributed by atoms with E-state index in [-0.39, 0.29) is 30.3 Å². The van der Waals surface area contributed by atoms with Crippen molar-refractivity contribution >= 4 is 35.1 Å². The Labute approximate surface area is 215 Å². The maximum atomic E-state index is 14.2. The Morgan fingerprint density at radius 3 is 2.37 bits per heavy atom. The van der Waals surface area contributed by atoms with Crippen LogP contribution in [0.15, 0.2) is 73.1 Å². The van der Waals surface area contributed by atoms with Crippen LogP contribution in [0.1, 0.15) is 67.8 Å². The lowest BCUT2D eigenvalue weighted by atomic mass is 9.66. The molecule has 4 rings (SSSR count). The summed E-state index contributed by atoms with van der Waals surface area (Å²) in [6.45, 7) is 3.81. The van der Waals surface area contributed by atoms with Crippen LogP contribution in [0.25, 0.3) is 0 Å². The quantitative estimate of drug-likeness (QED) is 0.368. The number of halogens is 2. The zero-order chi connectivity index (χ0) is 25.2. The molecule has 1 aliphatic rings. The smallest absolute Gasteiger partial charge is 0.304 e. The average Bonchev–Trinajstić information content (AvgIpc) is 2.83. The van der Waals surface area contributed by atoms with Crippen LogP contribution in [0.3, 0.4) is 0 Å². The number of likely N-dealkylation sites (tertiary alicyclic amines) is 1. The van der Waals surface area contributed by atoms with Crippen LogP contribution in [-0.2, 0) is 9.59 Å². The highest BCUT2D eigenvalue weighted by Gasteiger charge is 2.52. The molecule has 0 radical (unpaired) electrons. The van der Waals surface area contributed by atoms with Crippen molar-refractivity contribution in [2.45, 2.75) is 51.1 Å². The minimum Gasteiger partial charge on any atom is -0.481 e. The molecule has 182 valence electrons. The summed E-state index contributed by atoms with van der Waals surface area (Å²) in [5.41, 5.74) is 1.79. The molecule has 3 aromatic rings. The third-order valence-electron chi connectivity index (χ3n) is 6.95. The molecule has 1 N–H and O–H groups in total.